The van der Waals surface area contributed by atoms with Crippen LogP contribution in [0, 0.1) is 12.7 Å². The van der Waals surface area contributed by atoms with E-state index < -0.39 is 28.3 Å². The number of halogens is 1. The van der Waals surface area contributed by atoms with Crippen molar-refractivity contribution in [2.45, 2.75) is 25.7 Å². The van der Waals surface area contributed by atoms with Gasteiger partial charge in [-0.2, -0.15) is 5.10 Å². The minimum absolute atomic E-state index is 0.0712. The van der Waals surface area contributed by atoms with E-state index in [0.717, 1.165) is 15.9 Å². The van der Waals surface area contributed by atoms with Crippen molar-refractivity contribution in [3.8, 4) is 0 Å². The van der Waals surface area contributed by atoms with Gasteiger partial charge in [-0.25, -0.2) is 18.2 Å². The lowest BCUT2D eigenvalue weighted by molar-refractivity contribution is -0.119. The van der Waals surface area contributed by atoms with Gasteiger partial charge in [-0.3, -0.25) is 13.9 Å². The van der Waals surface area contributed by atoms with Crippen LogP contribution in [0.15, 0.2) is 82.8 Å². The Morgan fingerprint density at radius 3 is 2.17 bits per heavy atom. The van der Waals surface area contributed by atoms with Gasteiger partial charge in [0, 0.05) is 12.6 Å². The van der Waals surface area contributed by atoms with E-state index in [1.54, 1.807) is 43.3 Å². The summed E-state index contributed by atoms with van der Waals surface area (Å²) in [5.74, 6) is -1.73. The fourth-order valence-corrected chi connectivity index (χ4v) is 4.59. The van der Waals surface area contributed by atoms with Crippen molar-refractivity contribution < 1.29 is 22.4 Å². The molecule has 0 fully saturated rings. The molecule has 0 aliphatic heterocycles. The van der Waals surface area contributed by atoms with Gasteiger partial charge >= 0.3 is 0 Å². The number of nitrogens with zero attached hydrogens (tertiary/aromatic N) is 2. The van der Waals surface area contributed by atoms with Crippen LogP contribution in [0.4, 0.5) is 15.8 Å². The van der Waals surface area contributed by atoms with E-state index in [2.05, 4.69) is 15.8 Å². The van der Waals surface area contributed by atoms with Gasteiger partial charge in [0.05, 0.1) is 16.3 Å². The first kappa shape index (κ1) is 25.6. The van der Waals surface area contributed by atoms with E-state index in [9.17, 15) is 22.4 Å². The molecule has 0 saturated carbocycles. The van der Waals surface area contributed by atoms with Crippen molar-refractivity contribution >= 4 is 38.9 Å². The molecular formula is C25H25FN4O4S. The molecule has 0 bridgehead atoms. The summed E-state index contributed by atoms with van der Waals surface area (Å²) in [5, 5.41) is 6.69. The molecule has 0 atom stereocenters. The number of hydrogen-bond donors (Lipinski definition) is 2. The molecule has 3 aromatic carbocycles. The van der Waals surface area contributed by atoms with Gasteiger partial charge in [-0.1, -0.05) is 42.0 Å². The number of hydrazone groups is 1. The Hall–Kier alpha value is -4.05. The van der Waals surface area contributed by atoms with Crippen molar-refractivity contribution in [1.82, 2.24) is 5.43 Å². The molecule has 0 heterocycles. The third-order valence-electron chi connectivity index (χ3n) is 4.99. The van der Waals surface area contributed by atoms with Crippen LogP contribution in [0.25, 0.3) is 0 Å². The molecule has 0 radical (unpaired) electrons. The summed E-state index contributed by atoms with van der Waals surface area (Å²) < 4.78 is 41.9. The van der Waals surface area contributed by atoms with Crippen LogP contribution in [-0.2, 0) is 19.6 Å². The number of aryl methyl sites for hydroxylation is 1. The van der Waals surface area contributed by atoms with E-state index in [1.807, 2.05) is 6.92 Å². The molecule has 35 heavy (non-hydrogen) atoms. The first-order valence-corrected chi connectivity index (χ1v) is 12.1. The van der Waals surface area contributed by atoms with Crippen molar-refractivity contribution in [2.24, 2.45) is 5.10 Å². The highest BCUT2D eigenvalue weighted by atomic mass is 32.2. The normalized spacial score (nSPS) is 11.6. The fraction of sp³-hybridized carbons (Fsp3) is 0.160. The summed E-state index contributed by atoms with van der Waals surface area (Å²) in [4.78, 5) is 23.8. The molecule has 182 valence electrons. The fourth-order valence-electron chi connectivity index (χ4n) is 3.17. The minimum Gasteiger partial charge on any atom is -0.326 e. The van der Waals surface area contributed by atoms with Gasteiger partial charge < -0.3 is 5.32 Å². The Morgan fingerprint density at radius 2 is 1.57 bits per heavy atom. The molecule has 0 aliphatic carbocycles. The van der Waals surface area contributed by atoms with Crippen molar-refractivity contribution in [3.63, 3.8) is 0 Å². The topological polar surface area (TPSA) is 108 Å². The second kappa shape index (κ2) is 10.9. The third kappa shape index (κ3) is 6.51. The van der Waals surface area contributed by atoms with Crippen LogP contribution < -0.4 is 15.0 Å². The van der Waals surface area contributed by atoms with E-state index in [-0.39, 0.29) is 16.5 Å². The Bertz CT molecular complexity index is 1350. The molecule has 8 nitrogen and oxygen atoms in total. The van der Waals surface area contributed by atoms with Gasteiger partial charge in [0.1, 0.15) is 12.4 Å². The van der Waals surface area contributed by atoms with Crippen LogP contribution in [0.3, 0.4) is 0 Å². The number of hydrogen-bond acceptors (Lipinski definition) is 5. The second-order valence-corrected chi connectivity index (χ2v) is 9.63. The standard InChI is InChI=1S/C25H25FN4O4S/c1-17-8-14-22(15-9-17)35(33,34)30(24-7-5-4-6-23(24)26)16-25(32)29-28-18(2)20-10-12-21(13-11-20)27-19(3)31/h4-15H,16H2,1-3H3,(H,27,31)(H,29,32)/b28-18-. The third-order valence-corrected chi connectivity index (χ3v) is 6.76. The number of amides is 2. The maximum Gasteiger partial charge on any atom is 0.264 e. The molecule has 3 aromatic rings. The first-order valence-electron chi connectivity index (χ1n) is 10.6. The van der Waals surface area contributed by atoms with Gasteiger partial charge in [-0.15, -0.1) is 0 Å². The average Bonchev–Trinajstić information content (AvgIpc) is 2.82. The number of carbonyl (C=O) groups excluding carboxylic acids is 2. The Balaban J connectivity index is 1.82. The largest absolute Gasteiger partial charge is 0.326 e. The number of benzene rings is 3. The Labute approximate surface area is 203 Å². The summed E-state index contributed by atoms with van der Waals surface area (Å²) in [6.45, 7) is 4.19. The predicted octanol–water partition coefficient (Wildman–Crippen LogP) is 3.83. The number of para-hydroxylation sites is 1. The van der Waals surface area contributed by atoms with E-state index in [4.69, 9.17) is 0 Å². The second-order valence-electron chi connectivity index (χ2n) is 7.77. The zero-order valence-electron chi connectivity index (χ0n) is 19.4. The van der Waals surface area contributed by atoms with E-state index >= 15 is 0 Å². The van der Waals surface area contributed by atoms with Crippen molar-refractivity contribution in [2.75, 3.05) is 16.2 Å². The van der Waals surface area contributed by atoms with Crippen LogP contribution in [0.5, 0.6) is 0 Å². The lowest BCUT2D eigenvalue weighted by Crippen LogP contribution is -2.40. The molecule has 0 unspecified atom stereocenters. The number of sulfonamides is 1. The summed E-state index contributed by atoms with van der Waals surface area (Å²) in [6, 6.07) is 18.2. The Kier molecular flexibility index (Phi) is 7.98. The number of rotatable bonds is 8. The quantitative estimate of drug-likeness (QED) is 0.365. The van der Waals surface area contributed by atoms with Crippen molar-refractivity contribution in [3.05, 3.63) is 89.7 Å². The van der Waals surface area contributed by atoms with Crippen LogP contribution in [0.2, 0.25) is 0 Å². The highest BCUT2D eigenvalue weighted by molar-refractivity contribution is 7.92. The zero-order chi connectivity index (χ0) is 25.6. The maximum atomic E-state index is 14.6. The monoisotopic (exact) mass is 496 g/mol. The first-order chi connectivity index (χ1) is 16.6. The van der Waals surface area contributed by atoms with Gasteiger partial charge in [-0.05, 0) is 55.8 Å². The molecule has 0 saturated heterocycles. The summed E-state index contributed by atoms with van der Waals surface area (Å²) >= 11 is 0. The van der Waals surface area contributed by atoms with Crippen molar-refractivity contribution in [1.29, 1.82) is 0 Å². The summed E-state index contributed by atoms with van der Waals surface area (Å²) in [7, 11) is -4.24. The van der Waals surface area contributed by atoms with E-state index in [0.29, 0.717) is 17.0 Å². The number of carbonyl (C=O) groups is 2. The zero-order valence-corrected chi connectivity index (χ0v) is 20.3. The molecule has 0 aromatic heterocycles. The van der Waals surface area contributed by atoms with Gasteiger partial charge in [0.2, 0.25) is 5.91 Å². The lowest BCUT2D eigenvalue weighted by Gasteiger charge is -2.24. The molecule has 2 N–H and O–H groups in total. The predicted molar refractivity (Wildman–Crippen MR) is 133 cm³/mol. The van der Waals surface area contributed by atoms with E-state index in [1.165, 1.54) is 37.3 Å². The smallest absolute Gasteiger partial charge is 0.264 e. The van der Waals surface area contributed by atoms with Crippen LogP contribution >= 0.6 is 0 Å². The molecule has 10 heteroatoms. The summed E-state index contributed by atoms with van der Waals surface area (Å²) in [5.41, 5.74) is 4.67. The highest BCUT2D eigenvalue weighted by Gasteiger charge is 2.29. The SMILES string of the molecule is CC(=O)Nc1ccc(/C(C)=N\NC(=O)CN(c2ccccc2F)S(=O)(=O)c2ccc(C)cc2)cc1. The number of nitrogens with one attached hydrogen (secondary N) is 2. The van der Waals surface area contributed by atoms with Gasteiger partial charge in [0.25, 0.3) is 15.9 Å². The number of anilines is 2. The molecular weight excluding hydrogens is 471 g/mol. The highest BCUT2D eigenvalue weighted by Crippen LogP contribution is 2.26. The minimum atomic E-state index is -4.24. The Morgan fingerprint density at radius 1 is 0.943 bits per heavy atom. The van der Waals surface area contributed by atoms with Crippen LogP contribution in [-0.4, -0.2) is 32.5 Å². The average molecular weight is 497 g/mol. The molecule has 0 aliphatic rings. The van der Waals surface area contributed by atoms with Gasteiger partial charge in [0.15, 0.2) is 0 Å². The molecule has 0 spiro atoms. The van der Waals surface area contributed by atoms with Crippen LogP contribution in [0.1, 0.15) is 25.0 Å². The lowest BCUT2D eigenvalue weighted by atomic mass is 10.1. The summed E-state index contributed by atoms with van der Waals surface area (Å²) in [6.07, 6.45) is 0. The maximum absolute atomic E-state index is 14.6. The molecule has 3 rings (SSSR count). The molecule has 2 amide bonds.